The number of hydrogen-bond acceptors (Lipinski definition) is 4. The molecule has 1 heterocycles. The molecule has 7 nitrogen and oxygen atoms in total. The van der Waals surface area contributed by atoms with Crippen LogP contribution in [0.25, 0.3) is 0 Å². The van der Waals surface area contributed by atoms with Crippen molar-refractivity contribution in [1.82, 2.24) is 9.80 Å². The summed E-state index contributed by atoms with van der Waals surface area (Å²) in [6, 6.07) is 12.8. The summed E-state index contributed by atoms with van der Waals surface area (Å²) >= 11 is 0. The maximum atomic E-state index is 12.7. The number of carbonyl (C=O) groups excluding carboxylic acids is 3. The Morgan fingerprint density at radius 2 is 1.43 bits per heavy atom. The fourth-order valence-electron chi connectivity index (χ4n) is 3.41. The quantitative estimate of drug-likeness (QED) is 0.797. The molecule has 1 aliphatic rings. The van der Waals surface area contributed by atoms with E-state index in [1.807, 2.05) is 41.8 Å². The van der Waals surface area contributed by atoms with Crippen molar-refractivity contribution in [2.24, 2.45) is 0 Å². The highest BCUT2D eigenvalue weighted by atomic mass is 16.2. The molecule has 1 aliphatic heterocycles. The zero-order chi connectivity index (χ0) is 21.7. The molecule has 3 rings (SSSR count). The van der Waals surface area contributed by atoms with E-state index in [2.05, 4.69) is 10.6 Å². The largest absolute Gasteiger partial charge is 0.336 e. The van der Waals surface area contributed by atoms with Crippen molar-refractivity contribution >= 4 is 29.1 Å². The molecular formula is C23H28N4O3. The summed E-state index contributed by atoms with van der Waals surface area (Å²) in [6.45, 7) is 8.29. The average Bonchev–Trinajstić information content (AvgIpc) is 2.71. The monoisotopic (exact) mass is 408 g/mol. The molecule has 2 N–H and O–H groups in total. The van der Waals surface area contributed by atoms with Crippen LogP contribution in [-0.4, -0.2) is 60.2 Å². The smallest absolute Gasteiger partial charge is 0.253 e. The molecule has 2 aromatic rings. The second-order valence-corrected chi connectivity index (χ2v) is 7.67. The van der Waals surface area contributed by atoms with Gasteiger partial charge in [0.05, 0.1) is 6.54 Å². The number of nitrogens with zero attached hydrogens (tertiary/aromatic N) is 2. The van der Waals surface area contributed by atoms with Crippen LogP contribution in [0.1, 0.15) is 28.4 Å². The van der Waals surface area contributed by atoms with Crippen molar-refractivity contribution in [3.05, 3.63) is 59.2 Å². The third kappa shape index (κ3) is 5.67. The molecule has 30 heavy (non-hydrogen) atoms. The fraction of sp³-hybridized carbons (Fsp3) is 0.348. The molecule has 0 unspecified atom stereocenters. The number of benzene rings is 2. The van der Waals surface area contributed by atoms with Crippen molar-refractivity contribution in [2.75, 3.05) is 43.4 Å². The summed E-state index contributed by atoms with van der Waals surface area (Å²) < 4.78 is 0. The summed E-state index contributed by atoms with van der Waals surface area (Å²) in [6.07, 6.45) is 0. The van der Waals surface area contributed by atoms with E-state index in [-0.39, 0.29) is 24.3 Å². The first-order valence-electron chi connectivity index (χ1n) is 10.1. The minimum atomic E-state index is -0.137. The van der Waals surface area contributed by atoms with Crippen LogP contribution < -0.4 is 10.6 Å². The van der Waals surface area contributed by atoms with Gasteiger partial charge < -0.3 is 15.5 Å². The molecule has 7 heteroatoms. The Hall–Kier alpha value is -3.19. The first-order valence-corrected chi connectivity index (χ1v) is 10.1. The number of hydrogen-bond donors (Lipinski definition) is 2. The summed E-state index contributed by atoms with van der Waals surface area (Å²) in [7, 11) is 0. The Morgan fingerprint density at radius 1 is 0.833 bits per heavy atom. The van der Waals surface area contributed by atoms with Crippen LogP contribution in [-0.2, 0) is 9.59 Å². The minimum Gasteiger partial charge on any atom is -0.336 e. The Kier molecular flexibility index (Phi) is 6.84. The normalized spacial score (nSPS) is 14.3. The van der Waals surface area contributed by atoms with Crippen LogP contribution in [0.3, 0.4) is 0 Å². The van der Waals surface area contributed by atoms with Gasteiger partial charge in [0.2, 0.25) is 11.8 Å². The molecule has 158 valence electrons. The van der Waals surface area contributed by atoms with Crippen LogP contribution in [0, 0.1) is 13.8 Å². The number of nitrogens with one attached hydrogen (secondary N) is 2. The van der Waals surface area contributed by atoms with Crippen molar-refractivity contribution < 1.29 is 14.4 Å². The zero-order valence-electron chi connectivity index (χ0n) is 17.7. The second-order valence-electron chi connectivity index (χ2n) is 7.67. The van der Waals surface area contributed by atoms with Gasteiger partial charge in [-0.25, -0.2) is 0 Å². The maximum absolute atomic E-state index is 12.7. The van der Waals surface area contributed by atoms with Gasteiger partial charge in [-0.15, -0.1) is 0 Å². The summed E-state index contributed by atoms with van der Waals surface area (Å²) in [4.78, 5) is 40.0. The van der Waals surface area contributed by atoms with Gasteiger partial charge in [0.1, 0.15) is 0 Å². The van der Waals surface area contributed by atoms with Crippen LogP contribution in [0.2, 0.25) is 0 Å². The average molecular weight is 409 g/mol. The van der Waals surface area contributed by atoms with Gasteiger partial charge in [0.15, 0.2) is 0 Å². The standard InChI is InChI=1S/C23H28N4O3/c1-16-4-5-19(14-17(16)2)23(30)27-12-10-26(11-13-27)15-22(29)25-21-8-6-20(7-9-21)24-18(3)28/h4-9,14H,10-13,15H2,1-3H3,(H,24,28)(H,25,29). The molecular weight excluding hydrogens is 380 g/mol. The van der Waals surface area contributed by atoms with Crippen LogP contribution >= 0.6 is 0 Å². The van der Waals surface area contributed by atoms with E-state index in [9.17, 15) is 14.4 Å². The van der Waals surface area contributed by atoms with Crippen molar-refractivity contribution in [2.45, 2.75) is 20.8 Å². The number of amides is 3. The highest BCUT2D eigenvalue weighted by molar-refractivity contribution is 5.95. The van der Waals surface area contributed by atoms with E-state index >= 15 is 0 Å². The van der Waals surface area contributed by atoms with E-state index in [1.54, 1.807) is 24.3 Å². The van der Waals surface area contributed by atoms with Crippen molar-refractivity contribution in [1.29, 1.82) is 0 Å². The van der Waals surface area contributed by atoms with E-state index in [0.717, 1.165) is 5.56 Å². The van der Waals surface area contributed by atoms with Gasteiger partial charge in [0.25, 0.3) is 5.91 Å². The van der Waals surface area contributed by atoms with Crippen molar-refractivity contribution in [3.63, 3.8) is 0 Å². The summed E-state index contributed by atoms with van der Waals surface area (Å²) in [5, 5.41) is 5.56. The van der Waals surface area contributed by atoms with Gasteiger partial charge >= 0.3 is 0 Å². The van der Waals surface area contributed by atoms with Crippen LogP contribution in [0.15, 0.2) is 42.5 Å². The number of piperazine rings is 1. The molecule has 2 aromatic carbocycles. The second kappa shape index (κ2) is 9.54. The van der Waals surface area contributed by atoms with E-state index in [4.69, 9.17) is 0 Å². The lowest BCUT2D eigenvalue weighted by Gasteiger charge is -2.34. The Balaban J connectivity index is 1.47. The number of rotatable bonds is 5. The highest BCUT2D eigenvalue weighted by Gasteiger charge is 2.23. The van der Waals surface area contributed by atoms with Crippen molar-refractivity contribution in [3.8, 4) is 0 Å². The molecule has 0 aliphatic carbocycles. The first-order chi connectivity index (χ1) is 14.3. The third-order valence-electron chi connectivity index (χ3n) is 5.27. The first kappa shape index (κ1) is 21.5. The van der Waals surface area contributed by atoms with Gasteiger partial charge in [0, 0.05) is 50.0 Å². The predicted octanol–water partition coefficient (Wildman–Crippen LogP) is 2.66. The lowest BCUT2D eigenvalue weighted by atomic mass is 10.1. The molecule has 3 amide bonds. The summed E-state index contributed by atoms with van der Waals surface area (Å²) in [5.74, 6) is -0.195. The molecule has 1 fully saturated rings. The van der Waals surface area contributed by atoms with Gasteiger partial charge in [-0.1, -0.05) is 6.07 Å². The maximum Gasteiger partial charge on any atom is 0.253 e. The molecule has 0 atom stereocenters. The zero-order valence-corrected chi connectivity index (χ0v) is 17.7. The Bertz CT molecular complexity index is 932. The minimum absolute atomic E-state index is 0.0430. The highest BCUT2D eigenvalue weighted by Crippen LogP contribution is 2.15. The molecule has 0 saturated carbocycles. The van der Waals surface area contributed by atoms with Gasteiger partial charge in [-0.05, 0) is 61.4 Å². The van der Waals surface area contributed by atoms with Gasteiger partial charge in [-0.3, -0.25) is 19.3 Å². The Labute approximate surface area is 177 Å². The fourth-order valence-corrected chi connectivity index (χ4v) is 3.41. The predicted molar refractivity (Wildman–Crippen MR) is 118 cm³/mol. The number of anilines is 2. The van der Waals surface area contributed by atoms with Gasteiger partial charge in [-0.2, -0.15) is 0 Å². The molecule has 0 radical (unpaired) electrons. The lowest BCUT2D eigenvalue weighted by Crippen LogP contribution is -2.50. The summed E-state index contributed by atoms with van der Waals surface area (Å²) in [5.41, 5.74) is 4.36. The Morgan fingerprint density at radius 3 is 2.00 bits per heavy atom. The van der Waals surface area contributed by atoms with Crippen LogP contribution in [0.4, 0.5) is 11.4 Å². The topological polar surface area (TPSA) is 81.8 Å². The number of aryl methyl sites for hydroxylation is 2. The lowest BCUT2D eigenvalue weighted by molar-refractivity contribution is -0.117. The molecule has 1 saturated heterocycles. The third-order valence-corrected chi connectivity index (χ3v) is 5.27. The SMILES string of the molecule is CC(=O)Nc1ccc(NC(=O)CN2CCN(C(=O)c3ccc(C)c(C)c3)CC2)cc1. The van der Waals surface area contributed by atoms with E-state index in [0.29, 0.717) is 43.1 Å². The van der Waals surface area contributed by atoms with Crippen LogP contribution in [0.5, 0.6) is 0 Å². The molecule has 0 spiro atoms. The van der Waals surface area contributed by atoms with E-state index in [1.165, 1.54) is 12.5 Å². The van der Waals surface area contributed by atoms with E-state index < -0.39 is 0 Å². The molecule has 0 bridgehead atoms. The number of carbonyl (C=O) groups is 3. The molecule has 0 aromatic heterocycles.